The fourth-order valence-corrected chi connectivity index (χ4v) is 5.28. The zero-order valence-corrected chi connectivity index (χ0v) is 24.1. The number of aliphatic hydroxyl groups is 2. The van der Waals surface area contributed by atoms with Gasteiger partial charge in [0.15, 0.2) is 6.29 Å². The van der Waals surface area contributed by atoms with Crippen LogP contribution in [0.4, 0.5) is 0 Å². The van der Waals surface area contributed by atoms with E-state index in [1.807, 2.05) is 72.8 Å². The summed E-state index contributed by atoms with van der Waals surface area (Å²) in [5, 5.41) is 21.2. The van der Waals surface area contributed by atoms with Crippen LogP contribution in [0.25, 0.3) is 11.1 Å². The number of benzene rings is 3. The molecule has 0 aromatic heterocycles. The first-order valence-corrected chi connectivity index (χ1v) is 14.8. The summed E-state index contributed by atoms with van der Waals surface area (Å²) in [6, 6.07) is 23.5. The van der Waals surface area contributed by atoms with Crippen LogP contribution in [0.15, 0.2) is 72.8 Å². The molecule has 3 N–H and O–H groups in total. The van der Waals surface area contributed by atoms with Crippen molar-refractivity contribution in [3.05, 3.63) is 95.1 Å². The van der Waals surface area contributed by atoms with Gasteiger partial charge in [0.05, 0.1) is 25.4 Å². The lowest BCUT2D eigenvalue weighted by molar-refractivity contribution is -0.245. The first-order valence-electron chi connectivity index (χ1n) is 12.5. The quantitative estimate of drug-likeness (QED) is 0.190. The molecule has 3 aromatic carbocycles. The van der Waals surface area contributed by atoms with Gasteiger partial charge >= 0.3 is 0 Å². The Labute approximate surface area is 247 Å². The van der Waals surface area contributed by atoms with Crippen LogP contribution in [0.3, 0.4) is 0 Å². The highest BCUT2D eigenvalue weighted by atomic mass is 35.6. The fourth-order valence-electron chi connectivity index (χ4n) is 4.31. The molecule has 0 spiro atoms. The van der Waals surface area contributed by atoms with Crippen molar-refractivity contribution in [2.45, 2.75) is 41.9 Å². The Bertz CT molecular complexity index is 1240. The second kappa shape index (κ2) is 14.2. The SMILES string of the molecule is O=C(NCc1cccc(-c2cccc([C@@H]3O[C@H](CSCCO)C[C@H](c4ccc(CO)cc4)O3)c2)c1)C(Cl)(Cl)Cl. The molecule has 208 valence electrons. The summed E-state index contributed by atoms with van der Waals surface area (Å²) in [7, 11) is 0. The number of alkyl halides is 3. The average Bonchev–Trinajstić information content (AvgIpc) is 2.95. The second-order valence-electron chi connectivity index (χ2n) is 9.15. The van der Waals surface area contributed by atoms with Gasteiger partial charge in [-0.15, -0.1) is 0 Å². The molecule has 10 heteroatoms. The van der Waals surface area contributed by atoms with E-state index in [0.29, 0.717) is 12.2 Å². The molecule has 1 heterocycles. The van der Waals surface area contributed by atoms with E-state index in [2.05, 4.69) is 5.32 Å². The average molecular weight is 611 g/mol. The van der Waals surface area contributed by atoms with Crippen LogP contribution >= 0.6 is 46.6 Å². The van der Waals surface area contributed by atoms with Crippen molar-refractivity contribution in [2.75, 3.05) is 18.1 Å². The summed E-state index contributed by atoms with van der Waals surface area (Å²) in [6.07, 6.45) is -0.122. The van der Waals surface area contributed by atoms with Gasteiger partial charge in [-0.05, 0) is 39.9 Å². The number of halogens is 3. The summed E-state index contributed by atoms with van der Waals surface area (Å²) in [6.45, 7) is 0.336. The number of rotatable bonds is 10. The summed E-state index contributed by atoms with van der Waals surface area (Å²) >= 11 is 18.6. The van der Waals surface area contributed by atoms with Gasteiger partial charge in [0.1, 0.15) is 0 Å². The van der Waals surface area contributed by atoms with Crippen LogP contribution < -0.4 is 5.32 Å². The molecule has 1 aliphatic rings. The molecule has 0 aliphatic carbocycles. The van der Waals surface area contributed by atoms with Crippen molar-refractivity contribution >= 4 is 52.5 Å². The number of thioether (sulfide) groups is 1. The van der Waals surface area contributed by atoms with E-state index < -0.39 is 16.0 Å². The minimum Gasteiger partial charge on any atom is -0.396 e. The van der Waals surface area contributed by atoms with Crippen LogP contribution in [0, 0.1) is 0 Å². The van der Waals surface area contributed by atoms with Gasteiger partial charge in [-0.1, -0.05) is 95.5 Å². The second-order valence-corrected chi connectivity index (χ2v) is 12.6. The summed E-state index contributed by atoms with van der Waals surface area (Å²) < 4.78 is 10.8. The number of hydrogen-bond donors (Lipinski definition) is 3. The largest absolute Gasteiger partial charge is 0.396 e. The Kier molecular flexibility index (Phi) is 11.0. The standard InChI is InChI=1S/C29H30Cl3NO5S/c30-29(31,32)28(36)33-16-20-3-1-4-22(13-20)23-5-2-6-24(14-23)27-37-25(18-39-12-11-34)15-26(38-27)21-9-7-19(17-35)8-10-21/h1-10,13-14,25-27,34-35H,11-12,15-18H2,(H,33,36)/t25-,26+,27+/m0/s1. The van der Waals surface area contributed by atoms with Gasteiger partial charge in [-0.25, -0.2) is 0 Å². The lowest BCUT2D eigenvalue weighted by Gasteiger charge is -2.36. The molecule has 0 bridgehead atoms. The minimum absolute atomic E-state index is 0.00870. The van der Waals surface area contributed by atoms with Crippen molar-refractivity contribution in [2.24, 2.45) is 0 Å². The highest BCUT2D eigenvalue weighted by Gasteiger charge is 2.32. The van der Waals surface area contributed by atoms with E-state index in [-0.39, 0.29) is 32.0 Å². The highest BCUT2D eigenvalue weighted by molar-refractivity contribution is 7.99. The molecule has 1 aliphatic heterocycles. The van der Waals surface area contributed by atoms with E-state index in [9.17, 15) is 15.0 Å². The maximum Gasteiger partial charge on any atom is 0.272 e. The first kappa shape index (κ1) is 30.2. The third-order valence-electron chi connectivity index (χ3n) is 6.28. The van der Waals surface area contributed by atoms with E-state index in [1.165, 1.54) is 0 Å². The zero-order chi connectivity index (χ0) is 27.8. The number of carbonyl (C=O) groups excluding carboxylic acids is 1. The molecular formula is C29H30Cl3NO5S. The topological polar surface area (TPSA) is 88.0 Å². The molecule has 6 nitrogen and oxygen atoms in total. The predicted octanol–water partition coefficient (Wildman–Crippen LogP) is 6.10. The van der Waals surface area contributed by atoms with Crippen molar-refractivity contribution in [3.63, 3.8) is 0 Å². The van der Waals surface area contributed by atoms with Crippen LogP contribution in [0.2, 0.25) is 0 Å². The summed E-state index contributed by atoms with van der Waals surface area (Å²) in [5.41, 5.74) is 5.54. The zero-order valence-electron chi connectivity index (χ0n) is 21.1. The Balaban J connectivity index is 1.53. The van der Waals surface area contributed by atoms with Crippen molar-refractivity contribution in [1.82, 2.24) is 5.32 Å². The molecule has 0 radical (unpaired) electrons. The third-order valence-corrected chi connectivity index (χ3v) is 7.88. The van der Waals surface area contributed by atoms with Gasteiger partial charge in [-0.2, -0.15) is 11.8 Å². The monoisotopic (exact) mass is 609 g/mol. The number of aliphatic hydroxyl groups excluding tert-OH is 2. The number of amides is 1. The number of nitrogens with one attached hydrogen (secondary N) is 1. The Morgan fingerprint density at radius 3 is 2.33 bits per heavy atom. The molecule has 3 atom stereocenters. The molecule has 4 rings (SSSR count). The van der Waals surface area contributed by atoms with E-state index in [0.717, 1.165) is 39.1 Å². The number of carbonyl (C=O) groups is 1. The van der Waals surface area contributed by atoms with Crippen LogP contribution in [0.5, 0.6) is 0 Å². The third kappa shape index (κ3) is 8.59. The summed E-state index contributed by atoms with van der Waals surface area (Å²) in [5.74, 6) is 0.710. The van der Waals surface area contributed by atoms with Crippen molar-refractivity contribution in [1.29, 1.82) is 0 Å². The van der Waals surface area contributed by atoms with Crippen molar-refractivity contribution in [3.8, 4) is 11.1 Å². The molecule has 1 fully saturated rings. The molecular weight excluding hydrogens is 581 g/mol. The molecule has 0 unspecified atom stereocenters. The van der Waals surface area contributed by atoms with E-state index in [1.54, 1.807) is 11.8 Å². The van der Waals surface area contributed by atoms with Crippen molar-refractivity contribution < 1.29 is 24.5 Å². The lowest BCUT2D eigenvalue weighted by Crippen LogP contribution is -2.33. The van der Waals surface area contributed by atoms with E-state index in [4.69, 9.17) is 44.3 Å². The van der Waals surface area contributed by atoms with Crippen LogP contribution in [-0.4, -0.2) is 44.1 Å². The molecule has 1 saturated heterocycles. The van der Waals surface area contributed by atoms with Gasteiger partial charge in [0.25, 0.3) is 9.70 Å². The lowest BCUT2D eigenvalue weighted by atomic mass is 9.99. The molecule has 39 heavy (non-hydrogen) atoms. The van der Waals surface area contributed by atoms with Crippen LogP contribution in [-0.2, 0) is 27.4 Å². The first-order chi connectivity index (χ1) is 18.8. The smallest absolute Gasteiger partial charge is 0.272 e. The maximum atomic E-state index is 11.9. The fraction of sp³-hybridized carbons (Fsp3) is 0.345. The van der Waals surface area contributed by atoms with Gasteiger partial charge < -0.3 is 25.0 Å². The normalized spacial score (nSPS) is 19.6. The van der Waals surface area contributed by atoms with Gasteiger partial charge in [0, 0.05) is 30.0 Å². The summed E-state index contributed by atoms with van der Waals surface area (Å²) in [4.78, 5) is 11.9. The maximum absolute atomic E-state index is 11.9. The molecule has 0 saturated carbocycles. The minimum atomic E-state index is -2.01. The Morgan fingerprint density at radius 1 is 0.923 bits per heavy atom. The van der Waals surface area contributed by atoms with E-state index >= 15 is 0 Å². The Morgan fingerprint density at radius 2 is 1.64 bits per heavy atom. The van der Waals surface area contributed by atoms with Crippen LogP contribution in [0.1, 0.15) is 41.1 Å². The number of hydrogen-bond acceptors (Lipinski definition) is 6. The van der Waals surface area contributed by atoms with Gasteiger partial charge in [-0.3, -0.25) is 4.79 Å². The molecule has 1 amide bonds. The van der Waals surface area contributed by atoms with Gasteiger partial charge in [0.2, 0.25) is 0 Å². The molecule has 3 aromatic rings. The highest BCUT2D eigenvalue weighted by Crippen LogP contribution is 2.39. The predicted molar refractivity (Wildman–Crippen MR) is 157 cm³/mol. The Hall–Kier alpha value is -1.81. The number of ether oxygens (including phenoxy) is 2.